The molecule has 1 heterocycles. The lowest BCUT2D eigenvalue weighted by molar-refractivity contribution is 0.391. The maximum Gasteiger partial charge on any atom is 0.376 e. The average molecular weight is 174 g/mol. The fourth-order valence-electron chi connectivity index (χ4n) is 0.543. The standard InChI is InChI=1S/C5H7N2O3P/c8-11(9,10)5-3-1-2-4-6-7-5/h1-4,6H,(H2,8,9,10). The predicted molar refractivity (Wildman–Crippen MR) is 40.9 cm³/mol. The van der Waals surface area contributed by atoms with Crippen molar-refractivity contribution in [3.8, 4) is 0 Å². The molecule has 0 bridgehead atoms. The Balaban J connectivity index is 2.90. The highest BCUT2D eigenvalue weighted by molar-refractivity contribution is 7.71. The molecule has 1 rings (SSSR count). The number of hydrogen-bond donors (Lipinski definition) is 3. The second kappa shape index (κ2) is 3.00. The summed E-state index contributed by atoms with van der Waals surface area (Å²) in [6.07, 6.45) is 5.82. The van der Waals surface area contributed by atoms with Crippen molar-refractivity contribution in [3.63, 3.8) is 0 Å². The molecule has 0 spiro atoms. The molecule has 0 aromatic heterocycles. The van der Waals surface area contributed by atoms with Crippen molar-refractivity contribution in [1.82, 2.24) is 5.43 Å². The Labute approximate surface area is 63.3 Å². The van der Waals surface area contributed by atoms with Gasteiger partial charge in [0.1, 0.15) is 0 Å². The number of hydrogen-bond acceptors (Lipinski definition) is 3. The van der Waals surface area contributed by atoms with Gasteiger partial charge in [-0.1, -0.05) is 6.08 Å². The van der Waals surface area contributed by atoms with Crippen LogP contribution >= 0.6 is 7.60 Å². The van der Waals surface area contributed by atoms with Crippen LogP contribution in [0.1, 0.15) is 0 Å². The zero-order valence-corrected chi connectivity index (χ0v) is 6.40. The summed E-state index contributed by atoms with van der Waals surface area (Å²) in [4.78, 5) is 17.3. The van der Waals surface area contributed by atoms with E-state index in [4.69, 9.17) is 9.79 Å². The van der Waals surface area contributed by atoms with Crippen molar-refractivity contribution >= 4 is 13.0 Å². The maximum absolute atomic E-state index is 10.6. The van der Waals surface area contributed by atoms with Crippen LogP contribution in [0.3, 0.4) is 0 Å². The second-order valence-electron chi connectivity index (χ2n) is 1.86. The Bertz CT molecular complexity index is 275. The van der Waals surface area contributed by atoms with Gasteiger partial charge in [-0.25, -0.2) is 0 Å². The topological polar surface area (TPSA) is 81.9 Å². The van der Waals surface area contributed by atoms with Gasteiger partial charge >= 0.3 is 7.60 Å². The van der Waals surface area contributed by atoms with Crippen LogP contribution in [-0.4, -0.2) is 15.2 Å². The summed E-state index contributed by atoms with van der Waals surface area (Å²) in [5, 5.41) is 3.42. The minimum absolute atomic E-state index is 0.262. The van der Waals surface area contributed by atoms with Gasteiger partial charge in [0, 0.05) is 6.20 Å². The minimum Gasteiger partial charge on any atom is -0.320 e. The van der Waals surface area contributed by atoms with E-state index in [1.54, 1.807) is 6.08 Å². The lowest BCUT2D eigenvalue weighted by Crippen LogP contribution is -2.01. The van der Waals surface area contributed by atoms with E-state index in [1.165, 1.54) is 18.4 Å². The van der Waals surface area contributed by atoms with Gasteiger partial charge in [-0.15, -0.1) is 0 Å². The molecule has 0 fully saturated rings. The lowest BCUT2D eigenvalue weighted by atomic mass is 10.5. The van der Waals surface area contributed by atoms with E-state index < -0.39 is 7.60 Å². The third kappa shape index (κ3) is 2.31. The van der Waals surface area contributed by atoms with Crippen LogP contribution in [0, 0.1) is 0 Å². The molecule has 0 amide bonds. The van der Waals surface area contributed by atoms with Crippen LogP contribution in [0.25, 0.3) is 0 Å². The Morgan fingerprint density at radius 1 is 1.45 bits per heavy atom. The molecule has 0 aliphatic carbocycles. The zero-order valence-electron chi connectivity index (χ0n) is 5.51. The SMILES string of the molecule is O=P(O)(O)C1=NNC=CC=C1. The first-order valence-corrected chi connectivity index (χ1v) is 4.44. The van der Waals surface area contributed by atoms with E-state index in [1.807, 2.05) is 0 Å². The van der Waals surface area contributed by atoms with Gasteiger partial charge in [0.15, 0.2) is 5.45 Å². The number of nitrogens with zero attached hydrogens (tertiary/aromatic N) is 1. The zero-order chi connectivity index (χ0) is 8.32. The monoisotopic (exact) mass is 174 g/mol. The summed E-state index contributed by atoms with van der Waals surface area (Å²) in [5.41, 5.74) is 2.09. The molecule has 0 unspecified atom stereocenters. The van der Waals surface area contributed by atoms with Gasteiger partial charge in [-0.2, -0.15) is 5.10 Å². The number of rotatable bonds is 1. The fraction of sp³-hybridized carbons (Fsp3) is 0. The quantitative estimate of drug-likeness (QED) is 0.494. The Hall–Kier alpha value is -0.900. The van der Waals surface area contributed by atoms with Crippen LogP contribution in [0.5, 0.6) is 0 Å². The van der Waals surface area contributed by atoms with Crippen molar-refractivity contribution in [3.05, 3.63) is 24.4 Å². The van der Waals surface area contributed by atoms with Crippen LogP contribution in [0.4, 0.5) is 0 Å². The molecule has 0 aromatic carbocycles. The van der Waals surface area contributed by atoms with Gasteiger partial charge in [-0.05, 0) is 12.2 Å². The summed E-state index contributed by atoms with van der Waals surface area (Å²) in [6.45, 7) is 0. The largest absolute Gasteiger partial charge is 0.376 e. The molecule has 1 aliphatic heterocycles. The fourth-order valence-corrected chi connectivity index (χ4v) is 1.01. The molecular weight excluding hydrogens is 167 g/mol. The molecule has 5 nitrogen and oxygen atoms in total. The third-order valence-corrected chi connectivity index (χ3v) is 1.85. The summed E-state index contributed by atoms with van der Waals surface area (Å²) in [5.74, 6) is 0. The van der Waals surface area contributed by atoms with Crippen LogP contribution < -0.4 is 5.43 Å². The molecule has 0 radical (unpaired) electrons. The number of allylic oxidation sites excluding steroid dienone is 3. The van der Waals surface area contributed by atoms with E-state index in [-0.39, 0.29) is 5.45 Å². The first kappa shape index (κ1) is 8.20. The average Bonchev–Trinajstić information content (AvgIpc) is 2.10. The highest BCUT2D eigenvalue weighted by Crippen LogP contribution is 2.37. The minimum atomic E-state index is -4.21. The van der Waals surface area contributed by atoms with Gasteiger partial charge in [0.2, 0.25) is 0 Å². The van der Waals surface area contributed by atoms with Gasteiger partial charge in [0.05, 0.1) is 0 Å². The molecule has 60 valence electrons. The van der Waals surface area contributed by atoms with Crippen LogP contribution in [-0.2, 0) is 4.57 Å². The Morgan fingerprint density at radius 3 is 2.82 bits per heavy atom. The van der Waals surface area contributed by atoms with Crippen LogP contribution in [0.2, 0.25) is 0 Å². The summed E-state index contributed by atoms with van der Waals surface area (Å²) < 4.78 is 10.6. The van der Waals surface area contributed by atoms with Gasteiger partial charge in [-0.3, -0.25) is 9.99 Å². The molecule has 0 saturated carbocycles. The van der Waals surface area contributed by atoms with Gasteiger partial charge < -0.3 is 9.79 Å². The number of nitrogens with one attached hydrogen (secondary N) is 1. The highest BCUT2D eigenvalue weighted by atomic mass is 31.2. The molecule has 11 heavy (non-hydrogen) atoms. The highest BCUT2D eigenvalue weighted by Gasteiger charge is 2.20. The summed E-state index contributed by atoms with van der Waals surface area (Å²) >= 11 is 0. The van der Waals surface area contributed by atoms with Crippen LogP contribution in [0.15, 0.2) is 29.5 Å². The molecule has 0 saturated heterocycles. The second-order valence-corrected chi connectivity index (χ2v) is 3.41. The first-order chi connectivity index (χ1) is 5.11. The predicted octanol–water partition coefficient (Wildman–Crippen LogP) is 0.151. The molecular formula is C5H7N2O3P. The maximum atomic E-state index is 10.6. The van der Waals surface area contributed by atoms with Crippen molar-refractivity contribution in [1.29, 1.82) is 0 Å². The Morgan fingerprint density at radius 2 is 2.18 bits per heavy atom. The lowest BCUT2D eigenvalue weighted by Gasteiger charge is -2.00. The molecule has 1 aliphatic rings. The smallest absolute Gasteiger partial charge is 0.320 e. The molecule has 0 atom stereocenters. The van der Waals surface area contributed by atoms with Crippen molar-refractivity contribution in [2.75, 3.05) is 0 Å². The van der Waals surface area contributed by atoms with Crippen molar-refractivity contribution in [2.24, 2.45) is 5.10 Å². The molecule has 0 aromatic rings. The van der Waals surface area contributed by atoms with Gasteiger partial charge in [0.25, 0.3) is 0 Å². The van der Waals surface area contributed by atoms with E-state index in [9.17, 15) is 4.57 Å². The van der Waals surface area contributed by atoms with E-state index in [0.29, 0.717) is 0 Å². The molecule has 6 heteroatoms. The van der Waals surface area contributed by atoms with E-state index in [2.05, 4.69) is 10.5 Å². The summed E-state index contributed by atoms with van der Waals surface area (Å²) in [6, 6.07) is 0. The van der Waals surface area contributed by atoms with E-state index >= 15 is 0 Å². The van der Waals surface area contributed by atoms with E-state index in [0.717, 1.165) is 0 Å². The summed E-state index contributed by atoms with van der Waals surface area (Å²) in [7, 11) is -4.21. The molecule has 3 N–H and O–H groups in total. The normalized spacial score (nSPS) is 17.1. The third-order valence-electron chi connectivity index (χ3n) is 1.00. The van der Waals surface area contributed by atoms with Crippen molar-refractivity contribution in [2.45, 2.75) is 0 Å². The number of hydrazone groups is 1. The van der Waals surface area contributed by atoms with Crippen molar-refractivity contribution < 1.29 is 14.4 Å². The Kier molecular flexibility index (Phi) is 2.24. The first-order valence-electron chi connectivity index (χ1n) is 2.83.